The Hall–Kier alpha value is -2.83. The largest absolute Gasteiger partial charge is 0.419 e. The van der Waals surface area contributed by atoms with Gasteiger partial charge in [0.1, 0.15) is 11.9 Å². The second-order valence-electron chi connectivity index (χ2n) is 5.73. The third kappa shape index (κ3) is 3.56. The van der Waals surface area contributed by atoms with Gasteiger partial charge < -0.3 is 4.42 Å². The highest BCUT2D eigenvalue weighted by atomic mass is 32.1. The van der Waals surface area contributed by atoms with Gasteiger partial charge >= 0.3 is 0 Å². The van der Waals surface area contributed by atoms with E-state index in [1.165, 1.54) is 6.07 Å². The van der Waals surface area contributed by atoms with Crippen molar-refractivity contribution in [2.24, 2.45) is 0 Å². The molecular formula is C20H16FN3OS. The molecule has 0 aliphatic carbocycles. The predicted octanol–water partition coefficient (Wildman–Crippen LogP) is 4.82. The smallest absolute Gasteiger partial charge is 0.247 e. The van der Waals surface area contributed by atoms with Crippen molar-refractivity contribution >= 4 is 11.3 Å². The molecule has 6 heteroatoms. The van der Waals surface area contributed by atoms with E-state index >= 15 is 0 Å². The molecule has 1 atom stereocenters. The van der Waals surface area contributed by atoms with Crippen LogP contribution in [0.4, 0.5) is 4.39 Å². The van der Waals surface area contributed by atoms with Gasteiger partial charge in [0.05, 0.1) is 0 Å². The highest BCUT2D eigenvalue weighted by molar-refractivity contribution is 7.09. The van der Waals surface area contributed by atoms with Crippen LogP contribution in [-0.4, -0.2) is 10.2 Å². The number of aromatic nitrogens is 2. The lowest BCUT2D eigenvalue weighted by molar-refractivity contribution is 0.428. The third-order valence-electron chi connectivity index (χ3n) is 3.99. The Morgan fingerprint density at radius 1 is 0.962 bits per heavy atom. The standard InChI is InChI=1S/C20H16FN3OS/c21-17-11-5-4-10-16(17)18(22-13-15-9-6-12-26-15)20-24-23-19(25-20)14-7-2-1-3-8-14/h1-12,18,22H,13H2/t18-/m1/s1. The van der Waals surface area contributed by atoms with Gasteiger partial charge in [-0.05, 0) is 29.6 Å². The minimum Gasteiger partial charge on any atom is -0.419 e. The van der Waals surface area contributed by atoms with Crippen molar-refractivity contribution in [2.45, 2.75) is 12.6 Å². The Morgan fingerprint density at radius 3 is 2.54 bits per heavy atom. The molecule has 0 bridgehead atoms. The molecule has 0 aliphatic rings. The van der Waals surface area contributed by atoms with E-state index in [1.54, 1.807) is 29.5 Å². The van der Waals surface area contributed by atoms with E-state index in [0.717, 1.165) is 10.4 Å². The summed E-state index contributed by atoms with van der Waals surface area (Å²) in [6.45, 7) is 0.583. The topological polar surface area (TPSA) is 51.0 Å². The predicted molar refractivity (Wildman–Crippen MR) is 99.1 cm³/mol. The van der Waals surface area contributed by atoms with Crippen LogP contribution in [-0.2, 0) is 6.54 Å². The zero-order valence-corrected chi connectivity index (χ0v) is 14.6. The van der Waals surface area contributed by atoms with E-state index in [9.17, 15) is 4.39 Å². The molecular weight excluding hydrogens is 349 g/mol. The van der Waals surface area contributed by atoms with Gasteiger partial charge in [-0.25, -0.2) is 4.39 Å². The van der Waals surface area contributed by atoms with Crippen LogP contribution >= 0.6 is 11.3 Å². The van der Waals surface area contributed by atoms with Crippen LogP contribution in [0.15, 0.2) is 76.5 Å². The Morgan fingerprint density at radius 2 is 1.77 bits per heavy atom. The molecule has 130 valence electrons. The number of thiophene rings is 1. The molecule has 0 aliphatic heterocycles. The normalized spacial score (nSPS) is 12.2. The van der Waals surface area contributed by atoms with Crippen LogP contribution in [0.25, 0.3) is 11.5 Å². The molecule has 4 aromatic rings. The minimum atomic E-state index is -0.525. The van der Waals surface area contributed by atoms with Crippen molar-refractivity contribution in [2.75, 3.05) is 0 Å². The highest BCUT2D eigenvalue weighted by Crippen LogP contribution is 2.27. The van der Waals surface area contributed by atoms with Gasteiger partial charge in [0.15, 0.2) is 0 Å². The maximum Gasteiger partial charge on any atom is 0.247 e. The van der Waals surface area contributed by atoms with E-state index in [0.29, 0.717) is 23.9 Å². The summed E-state index contributed by atoms with van der Waals surface area (Å²) in [5.74, 6) is 0.445. The Labute approximate surface area is 154 Å². The SMILES string of the molecule is Fc1ccccc1[C@@H](NCc1cccs1)c1nnc(-c2ccccc2)o1. The van der Waals surface area contributed by atoms with Gasteiger partial charge in [-0.3, -0.25) is 5.32 Å². The van der Waals surface area contributed by atoms with Gasteiger partial charge in [0.2, 0.25) is 11.8 Å². The summed E-state index contributed by atoms with van der Waals surface area (Å²) in [7, 11) is 0. The van der Waals surface area contributed by atoms with E-state index in [1.807, 2.05) is 47.8 Å². The van der Waals surface area contributed by atoms with Crippen LogP contribution in [0.2, 0.25) is 0 Å². The first-order valence-corrected chi connectivity index (χ1v) is 9.08. The highest BCUT2D eigenvalue weighted by Gasteiger charge is 2.23. The molecule has 0 spiro atoms. The summed E-state index contributed by atoms with van der Waals surface area (Å²) in [4.78, 5) is 1.15. The lowest BCUT2D eigenvalue weighted by Crippen LogP contribution is -2.23. The summed E-state index contributed by atoms with van der Waals surface area (Å²) < 4.78 is 20.3. The molecule has 2 heterocycles. The summed E-state index contributed by atoms with van der Waals surface area (Å²) in [6.07, 6.45) is 0. The van der Waals surface area contributed by atoms with E-state index in [4.69, 9.17) is 4.42 Å². The van der Waals surface area contributed by atoms with Gasteiger partial charge in [-0.1, -0.05) is 42.5 Å². The molecule has 2 aromatic heterocycles. The molecule has 1 N–H and O–H groups in total. The number of rotatable bonds is 6. The van der Waals surface area contributed by atoms with Crippen LogP contribution in [0.5, 0.6) is 0 Å². The van der Waals surface area contributed by atoms with Gasteiger partial charge in [-0.15, -0.1) is 21.5 Å². The average Bonchev–Trinajstić information content (AvgIpc) is 3.36. The first kappa shape index (κ1) is 16.6. The minimum absolute atomic E-state index is 0.310. The maximum atomic E-state index is 14.4. The molecule has 4 nitrogen and oxygen atoms in total. The molecule has 0 unspecified atom stereocenters. The fraction of sp³-hybridized carbons (Fsp3) is 0.100. The third-order valence-corrected chi connectivity index (χ3v) is 4.86. The molecule has 0 fully saturated rings. The lowest BCUT2D eigenvalue weighted by Gasteiger charge is -2.15. The molecule has 0 amide bonds. The van der Waals surface area contributed by atoms with Crippen molar-refractivity contribution < 1.29 is 8.81 Å². The fourth-order valence-electron chi connectivity index (χ4n) is 2.70. The van der Waals surface area contributed by atoms with E-state index in [2.05, 4.69) is 15.5 Å². The van der Waals surface area contributed by atoms with Crippen LogP contribution in [0, 0.1) is 5.82 Å². The van der Waals surface area contributed by atoms with Crippen molar-refractivity contribution in [3.8, 4) is 11.5 Å². The number of hydrogen-bond acceptors (Lipinski definition) is 5. The Balaban J connectivity index is 1.66. The molecule has 4 rings (SSSR count). The monoisotopic (exact) mass is 365 g/mol. The summed E-state index contributed by atoms with van der Waals surface area (Å²) in [6, 6.07) is 19.6. The lowest BCUT2D eigenvalue weighted by atomic mass is 10.1. The Bertz CT molecular complexity index is 970. The average molecular weight is 365 g/mol. The molecule has 0 saturated carbocycles. The quantitative estimate of drug-likeness (QED) is 0.532. The zero-order chi connectivity index (χ0) is 17.8. The maximum absolute atomic E-state index is 14.4. The van der Waals surface area contributed by atoms with Crippen molar-refractivity contribution in [3.05, 3.63) is 94.3 Å². The zero-order valence-electron chi connectivity index (χ0n) is 13.8. The summed E-state index contributed by atoms with van der Waals surface area (Å²) in [5, 5.41) is 13.6. The Kier molecular flexibility index (Phi) is 4.86. The molecule has 2 aromatic carbocycles. The number of benzene rings is 2. The van der Waals surface area contributed by atoms with Crippen molar-refractivity contribution in [1.29, 1.82) is 0 Å². The summed E-state index contributed by atoms with van der Waals surface area (Å²) >= 11 is 1.64. The molecule has 0 radical (unpaired) electrons. The number of nitrogens with one attached hydrogen (secondary N) is 1. The van der Waals surface area contributed by atoms with Gasteiger partial charge in [0.25, 0.3) is 0 Å². The second kappa shape index (κ2) is 7.59. The van der Waals surface area contributed by atoms with Crippen LogP contribution in [0.1, 0.15) is 22.4 Å². The second-order valence-corrected chi connectivity index (χ2v) is 6.76. The number of halogens is 1. The van der Waals surface area contributed by atoms with Crippen molar-refractivity contribution in [3.63, 3.8) is 0 Å². The van der Waals surface area contributed by atoms with Crippen molar-refractivity contribution in [1.82, 2.24) is 15.5 Å². The van der Waals surface area contributed by atoms with E-state index < -0.39 is 6.04 Å². The molecule has 0 saturated heterocycles. The summed E-state index contributed by atoms with van der Waals surface area (Å²) in [5.41, 5.74) is 1.31. The number of nitrogens with zero attached hydrogens (tertiary/aromatic N) is 2. The van der Waals surface area contributed by atoms with Gasteiger partial charge in [-0.2, -0.15) is 0 Å². The number of hydrogen-bond donors (Lipinski definition) is 1. The van der Waals surface area contributed by atoms with E-state index in [-0.39, 0.29) is 5.82 Å². The first-order valence-electron chi connectivity index (χ1n) is 8.20. The van der Waals surface area contributed by atoms with Crippen LogP contribution in [0.3, 0.4) is 0 Å². The van der Waals surface area contributed by atoms with Crippen LogP contribution < -0.4 is 5.32 Å². The first-order chi connectivity index (χ1) is 12.8. The molecule has 26 heavy (non-hydrogen) atoms. The van der Waals surface area contributed by atoms with Gasteiger partial charge in [0, 0.05) is 22.5 Å². The fourth-order valence-corrected chi connectivity index (χ4v) is 3.36.